The van der Waals surface area contributed by atoms with Crippen molar-refractivity contribution in [1.82, 2.24) is 9.55 Å². The van der Waals surface area contributed by atoms with Crippen LogP contribution in [0.5, 0.6) is 5.75 Å². The number of hydrogen-bond donors (Lipinski definition) is 1. The topological polar surface area (TPSA) is 73.2 Å². The average molecular weight is 516 g/mol. The number of hydrogen-bond acceptors (Lipinski definition) is 4. The molecule has 1 heterocycles. The lowest BCUT2D eigenvalue weighted by Gasteiger charge is -2.14. The fourth-order valence-corrected chi connectivity index (χ4v) is 5.36. The summed E-state index contributed by atoms with van der Waals surface area (Å²) in [4.78, 5) is 4.44. The molecule has 1 N–H and O–H groups in total. The number of aromatic nitrogens is 2. The van der Waals surface area contributed by atoms with Crippen molar-refractivity contribution in [2.45, 2.75) is 18.1 Å². The summed E-state index contributed by atoms with van der Waals surface area (Å²) in [5, 5.41) is -0.376. The Balaban J connectivity index is 1.67. The van der Waals surface area contributed by atoms with E-state index in [1.165, 1.54) is 13.2 Å². The van der Waals surface area contributed by atoms with Gasteiger partial charge in [-0.3, -0.25) is 9.29 Å². The minimum absolute atomic E-state index is 0.340. The van der Waals surface area contributed by atoms with Gasteiger partial charge < -0.3 is 4.74 Å². The lowest BCUT2D eigenvalue weighted by Crippen LogP contribution is -2.17. The second-order valence-electron chi connectivity index (χ2n) is 7.71. The first-order chi connectivity index (χ1) is 15.3. The Hall–Kier alpha value is -2.91. The predicted molar refractivity (Wildman–Crippen MR) is 126 cm³/mol. The number of benzene rings is 3. The third-order valence-corrected chi connectivity index (χ3v) is 7.78. The number of imidazole rings is 1. The predicted octanol–water partition coefficient (Wildman–Crippen LogP) is 5.51. The molecule has 0 aliphatic heterocycles. The van der Waals surface area contributed by atoms with Crippen LogP contribution in [0.3, 0.4) is 0 Å². The van der Waals surface area contributed by atoms with Crippen molar-refractivity contribution in [3.63, 3.8) is 0 Å². The largest absolute Gasteiger partial charge is 0.497 e. The van der Waals surface area contributed by atoms with Gasteiger partial charge in [-0.1, -0.05) is 15.9 Å². The van der Waals surface area contributed by atoms with Gasteiger partial charge in [0, 0.05) is 21.8 Å². The molecule has 3 aromatic carbocycles. The van der Waals surface area contributed by atoms with Gasteiger partial charge in [-0.15, -0.1) is 0 Å². The van der Waals surface area contributed by atoms with Crippen LogP contribution in [0.15, 0.2) is 65.4 Å². The summed E-state index contributed by atoms with van der Waals surface area (Å²) in [7, 11) is -2.01. The van der Waals surface area contributed by atoms with Gasteiger partial charge in [-0.2, -0.15) is 0 Å². The van der Waals surface area contributed by atoms with Crippen LogP contribution in [-0.4, -0.2) is 30.3 Å². The van der Waals surface area contributed by atoms with Gasteiger partial charge in [0.05, 0.1) is 29.1 Å². The highest BCUT2D eigenvalue weighted by atomic mass is 79.9. The third-order valence-electron chi connectivity index (χ3n) is 5.42. The van der Waals surface area contributed by atoms with Crippen LogP contribution in [-0.2, 0) is 10.0 Å². The standard InChI is InChI=1S/C23H19BrFN3O3S/c1-31-18-3-6-20(21(25)12-18)14-8-16(27-32(29,30)19-4-5-19)11-17(9-14)28-13-26-22-10-15(24)2-7-23(22)28/h2-3,6-13,19,27H,4-5H2,1H3. The Bertz CT molecular complexity index is 1450. The maximum atomic E-state index is 14.9. The van der Waals surface area contributed by atoms with Gasteiger partial charge in [0.1, 0.15) is 17.9 Å². The Morgan fingerprint density at radius 2 is 1.94 bits per heavy atom. The van der Waals surface area contributed by atoms with Crippen LogP contribution in [0.25, 0.3) is 27.8 Å². The van der Waals surface area contributed by atoms with Crippen LogP contribution in [0.2, 0.25) is 0 Å². The number of methoxy groups -OCH3 is 1. The van der Waals surface area contributed by atoms with E-state index in [2.05, 4.69) is 25.6 Å². The zero-order chi connectivity index (χ0) is 22.5. The lowest BCUT2D eigenvalue weighted by atomic mass is 10.0. The second-order valence-corrected chi connectivity index (χ2v) is 10.6. The first kappa shape index (κ1) is 21.0. The molecule has 1 aromatic heterocycles. The Morgan fingerprint density at radius 3 is 2.66 bits per heavy atom. The monoisotopic (exact) mass is 515 g/mol. The molecule has 164 valence electrons. The highest BCUT2D eigenvalue weighted by molar-refractivity contribution is 9.10. The van der Waals surface area contributed by atoms with Crippen LogP contribution in [0.1, 0.15) is 12.8 Å². The maximum absolute atomic E-state index is 14.9. The van der Waals surface area contributed by atoms with E-state index in [1.807, 2.05) is 28.8 Å². The van der Waals surface area contributed by atoms with Crippen molar-refractivity contribution in [3.05, 3.63) is 71.2 Å². The summed E-state index contributed by atoms with van der Waals surface area (Å²) in [6.07, 6.45) is 2.96. The molecule has 6 nitrogen and oxygen atoms in total. The first-order valence-corrected chi connectivity index (χ1v) is 12.3. The number of fused-ring (bicyclic) bond motifs is 1. The molecule has 0 bridgehead atoms. The van der Waals surface area contributed by atoms with E-state index in [4.69, 9.17) is 4.74 Å². The zero-order valence-corrected chi connectivity index (χ0v) is 19.5. The highest BCUT2D eigenvalue weighted by Crippen LogP contribution is 2.34. The molecule has 1 saturated carbocycles. The van der Waals surface area contributed by atoms with E-state index in [0.29, 0.717) is 41.1 Å². The Morgan fingerprint density at radius 1 is 1.12 bits per heavy atom. The molecular weight excluding hydrogens is 497 g/mol. The number of nitrogens with one attached hydrogen (secondary N) is 1. The summed E-state index contributed by atoms with van der Waals surface area (Å²) in [5.41, 5.74) is 3.54. The summed E-state index contributed by atoms with van der Waals surface area (Å²) < 4.78 is 50.6. The minimum atomic E-state index is -3.49. The van der Waals surface area contributed by atoms with E-state index in [-0.39, 0.29) is 5.25 Å². The summed E-state index contributed by atoms with van der Waals surface area (Å²) in [6.45, 7) is 0. The fraction of sp³-hybridized carbons (Fsp3) is 0.174. The lowest BCUT2D eigenvalue weighted by molar-refractivity contribution is 0.411. The van der Waals surface area contributed by atoms with Crippen molar-refractivity contribution in [1.29, 1.82) is 0 Å². The molecule has 32 heavy (non-hydrogen) atoms. The number of anilines is 1. The van der Waals surface area contributed by atoms with Crippen LogP contribution in [0.4, 0.5) is 10.1 Å². The van der Waals surface area contributed by atoms with Crippen molar-refractivity contribution in [3.8, 4) is 22.6 Å². The van der Waals surface area contributed by atoms with E-state index in [0.717, 1.165) is 15.5 Å². The van der Waals surface area contributed by atoms with Gasteiger partial charge in [-0.25, -0.2) is 17.8 Å². The van der Waals surface area contributed by atoms with Crippen molar-refractivity contribution >= 4 is 42.7 Å². The van der Waals surface area contributed by atoms with Gasteiger partial charge >= 0.3 is 0 Å². The fourth-order valence-electron chi connectivity index (χ4n) is 3.64. The van der Waals surface area contributed by atoms with E-state index in [1.54, 1.807) is 30.6 Å². The molecule has 0 spiro atoms. The molecule has 0 radical (unpaired) electrons. The highest BCUT2D eigenvalue weighted by Gasteiger charge is 2.35. The van der Waals surface area contributed by atoms with Crippen LogP contribution >= 0.6 is 15.9 Å². The van der Waals surface area contributed by atoms with E-state index >= 15 is 0 Å². The van der Waals surface area contributed by atoms with Gasteiger partial charge in [-0.05, 0) is 66.9 Å². The van der Waals surface area contributed by atoms with Crippen LogP contribution in [0, 0.1) is 5.82 Å². The van der Waals surface area contributed by atoms with Crippen LogP contribution < -0.4 is 9.46 Å². The number of halogens is 2. The SMILES string of the molecule is COc1ccc(-c2cc(NS(=O)(=O)C3CC3)cc(-n3cnc4cc(Br)ccc43)c2)c(F)c1. The minimum Gasteiger partial charge on any atom is -0.497 e. The number of sulfonamides is 1. The molecule has 9 heteroatoms. The summed E-state index contributed by atoms with van der Waals surface area (Å²) >= 11 is 3.45. The van der Waals surface area contributed by atoms with Crippen molar-refractivity contribution in [2.24, 2.45) is 0 Å². The van der Waals surface area contributed by atoms with Gasteiger partial charge in [0.2, 0.25) is 10.0 Å². The van der Waals surface area contributed by atoms with Crippen molar-refractivity contribution < 1.29 is 17.5 Å². The zero-order valence-electron chi connectivity index (χ0n) is 17.0. The first-order valence-electron chi connectivity index (χ1n) is 9.98. The Labute approximate surface area is 193 Å². The Kier molecular flexibility index (Phi) is 5.17. The second kappa shape index (κ2) is 7.90. The number of nitrogens with zero attached hydrogens (tertiary/aromatic N) is 2. The summed E-state index contributed by atoms with van der Waals surface area (Å²) in [6, 6.07) is 15.5. The van der Waals surface area contributed by atoms with Crippen molar-refractivity contribution in [2.75, 3.05) is 11.8 Å². The third kappa shape index (κ3) is 3.98. The number of ether oxygens (including phenoxy) is 1. The molecule has 0 atom stereocenters. The maximum Gasteiger partial charge on any atom is 0.235 e. The normalized spacial score (nSPS) is 14.0. The van der Waals surface area contributed by atoms with Gasteiger partial charge in [0.25, 0.3) is 0 Å². The van der Waals surface area contributed by atoms with E-state index in [9.17, 15) is 12.8 Å². The molecule has 4 aromatic rings. The van der Waals surface area contributed by atoms with Gasteiger partial charge in [0.15, 0.2) is 0 Å². The molecule has 1 fully saturated rings. The molecule has 0 amide bonds. The molecule has 0 saturated heterocycles. The molecule has 5 rings (SSSR count). The molecule has 0 unspecified atom stereocenters. The quantitative estimate of drug-likeness (QED) is 0.367. The molecule has 1 aliphatic rings. The van der Waals surface area contributed by atoms with E-state index < -0.39 is 15.8 Å². The molecule has 1 aliphatic carbocycles. The summed E-state index contributed by atoms with van der Waals surface area (Å²) in [5.74, 6) is -0.0554. The molecular formula is C23H19BrFN3O3S. The number of rotatable bonds is 6. The average Bonchev–Trinajstić information content (AvgIpc) is 3.54. The smallest absolute Gasteiger partial charge is 0.235 e.